The lowest BCUT2D eigenvalue weighted by Gasteiger charge is -2.03. The Morgan fingerprint density at radius 2 is 2.15 bits per heavy atom. The highest BCUT2D eigenvalue weighted by Gasteiger charge is 2.11. The van der Waals surface area contributed by atoms with Gasteiger partial charge in [0.15, 0.2) is 12.1 Å². The first kappa shape index (κ1) is 10.4. The van der Waals surface area contributed by atoms with Gasteiger partial charge >= 0.3 is 0 Å². The fourth-order valence-electron chi connectivity index (χ4n) is 1.06. The van der Waals surface area contributed by atoms with Gasteiger partial charge in [-0.3, -0.25) is 9.59 Å². The Bertz CT molecular complexity index is 374. The lowest BCUT2D eigenvalue weighted by molar-refractivity contribution is 0.100. The van der Waals surface area contributed by atoms with E-state index in [4.69, 9.17) is 11.6 Å². The molecule has 0 aliphatic rings. The summed E-state index contributed by atoms with van der Waals surface area (Å²) in [6, 6.07) is 3.06. The summed E-state index contributed by atoms with van der Waals surface area (Å²) in [5.41, 5.74) is 0.686. The largest absolute Gasteiger partial charge is 0.298 e. The zero-order valence-corrected chi connectivity index (χ0v) is 9.15. The standard InChI is InChI=1S/C9H6BrClO2/c1-5(13)9-6(4-12)2-7(11)3-8(9)10/h2-4H,1H3. The first-order chi connectivity index (χ1) is 6.06. The Morgan fingerprint density at radius 3 is 2.62 bits per heavy atom. The van der Waals surface area contributed by atoms with Gasteiger partial charge in [0.2, 0.25) is 0 Å². The summed E-state index contributed by atoms with van der Waals surface area (Å²) >= 11 is 8.88. The van der Waals surface area contributed by atoms with Crippen LogP contribution in [0.1, 0.15) is 27.6 Å². The van der Waals surface area contributed by atoms with Crippen LogP contribution in [0.25, 0.3) is 0 Å². The normalized spacial score (nSPS) is 9.77. The summed E-state index contributed by atoms with van der Waals surface area (Å²) in [7, 11) is 0. The number of aldehydes is 1. The molecule has 68 valence electrons. The molecule has 13 heavy (non-hydrogen) atoms. The van der Waals surface area contributed by atoms with E-state index in [1.54, 1.807) is 6.07 Å². The van der Waals surface area contributed by atoms with Crippen LogP contribution in [0.3, 0.4) is 0 Å². The van der Waals surface area contributed by atoms with Gasteiger partial charge in [-0.15, -0.1) is 0 Å². The first-order valence-corrected chi connectivity index (χ1v) is 4.68. The van der Waals surface area contributed by atoms with Crippen LogP contribution in [0, 0.1) is 0 Å². The van der Waals surface area contributed by atoms with Crippen molar-refractivity contribution in [3.05, 3.63) is 32.8 Å². The van der Waals surface area contributed by atoms with Crippen molar-refractivity contribution in [1.82, 2.24) is 0 Å². The number of halogens is 2. The molecule has 0 unspecified atom stereocenters. The maximum atomic E-state index is 11.1. The van der Waals surface area contributed by atoms with E-state index in [1.807, 2.05) is 0 Å². The van der Waals surface area contributed by atoms with E-state index in [1.165, 1.54) is 13.0 Å². The van der Waals surface area contributed by atoms with Crippen molar-refractivity contribution in [2.75, 3.05) is 0 Å². The van der Waals surface area contributed by atoms with Crippen molar-refractivity contribution in [1.29, 1.82) is 0 Å². The van der Waals surface area contributed by atoms with Gasteiger partial charge in [-0.1, -0.05) is 11.6 Å². The number of hydrogen-bond donors (Lipinski definition) is 0. The molecule has 0 aliphatic carbocycles. The molecule has 0 spiro atoms. The van der Waals surface area contributed by atoms with Crippen LogP contribution in [0.5, 0.6) is 0 Å². The number of carbonyl (C=O) groups excluding carboxylic acids is 2. The maximum absolute atomic E-state index is 11.1. The molecule has 4 heteroatoms. The molecule has 0 aromatic heterocycles. The lowest BCUT2D eigenvalue weighted by atomic mass is 10.1. The molecule has 0 amide bonds. The second kappa shape index (κ2) is 4.03. The summed E-state index contributed by atoms with van der Waals surface area (Å²) < 4.78 is 0.551. The topological polar surface area (TPSA) is 34.1 Å². The summed E-state index contributed by atoms with van der Waals surface area (Å²) in [5.74, 6) is -0.161. The van der Waals surface area contributed by atoms with Crippen LogP contribution in [-0.4, -0.2) is 12.1 Å². The molecule has 1 aromatic rings. The van der Waals surface area contributed by atoms with Crippen LogP contribution in [0.15, 0.2) is 16.6 Å². The Labute approximate surface area is 89.0 Å². The van der Waals surface area contributed by atoms with E-state index in [0.717, 1.165) is 0 Å². The van der Waals surface area contributed by atoms with Crippen LogP contribution in [0.2, 0.25) is 5.02 Å². The minimum atomic E-state index is -0.161. The average molecular weight is 262 g/mol. The molecule has 2 nitrogen and oxygen atoms in total. The molecule has 0 heterocycles. The monoisotopic (exact) mass is 260 g/mol. The van der Waals surface area contributed by atoms with Gasteiger partial charge in [-0.25, -0.2) is 0 Å². The highest BCUT2D eigenvalue weighted by atomic mass is 79.9. The number of Topliss-reactive ketones (excluding diaryl/α,β-unsaturated/α-hetero) is 1. The highest BCUT2D eigenvalue weighted by Crippen LogP contribution is 2.25. The number of ketones is 1. The molecule has 1 aromatic carbocycles. The van der Waals surface area contributed by atoms with E-state index in [-0.39, 0.29) is 5.78 Å². The van der Waals surface area contributed by atoms with Gasteiger partial charge in [0, 0.05) is 20.6 Å². The molecule has 0 atom stereocenters. The van der Waals surface area contributed by atoms with Crippen LogP contribution >= 0.6 is 27.5 Å². The van der Waals surface area contributed by atoms with Gasteiger partial charge in [0.05, 0.1) is 0 Å². The SMILES string of the molecule is CC(=O)c1c(Br)cc(Cl)cc1C=O. The first-order valence-electron chi connectivity index (χ1n) is 3.51. The summed E-state index contributed by atoms with van der Waals surface area (Å²) in [6.07, 6.45) is 0.618. The Morgan fingerprint density at radius 1 is 1.54 bits per heavy atom. The molecule has 0 radical (unpaired) electrons. The predicted octanol–water partition coefficient (Wildman–Crippen LogP) is 3.12. The third kappa shape index (κ3) is 2.17. The number of hydrogen-bond acceptors (Lipinski definition) is 2. The third-order valence-corrected chi connectivity index (χ3v) is 2.41. The van der Waals surface area contributed by atoms with Gasteiger partial charge < -0.3 is 0 Å². The van der Waals surface area contributed by atoms with E-state index < -0.39 is 0 Å². The van der Waals surface area contributed by atoms with Crippen molar-refractivity contribution in [2.45, 2.75) is 6.92 Å². The molecule has 1 rings (SSSR count). The molecular formula is C9H6BrClO2. The molecule has 0 fully saturated rings. The Hall–Kier alpha value is -0.670. The smallest absolute Gasteiger partial charge is 0.161 e. The van der Waals surface area contributed by atoms with E-state index in [0.29, 0.717) is 26.9 Å². The fraction of sp³-hybridized carbons (Fsp3) is 0.111. The van der Waals surface area contributed by atoms with Crippen LogP contribution in [-0.2, 0) is 0 Å². The van der Waals surface area contributed by atoms with Gasteiger partial charge in [0.25, 0.3) is 0 Å². The summed E-state index contributed by atoms with van der Waals surface area (Å²) in [6.45, 7) is 1.40. The van der Waals surface area contributed by atoms with Crippen LogP contribution < -0.4 is 0 Å². The quantitative estimate of drug-likeness (QED) is 0.605. The molecule has 0 aliphatic heterocycles. The second-order valence-corrected chi connectivity index (χ2v) is 3.82. The van der Waals surface area contributed by atoms with Crippen molar-refractivity contribution in [3.63, 3.8) is 0 Å². The lowest BCUT2D eigenvalue weighted by Crippen LogP contribution is -2.00. The number of rotatable bonds is 2. The van der Waals surface area contributed by atoms with Crippen LogP contribution in [0.4, 0.5) is 0 Å². The molecule has 0 N–H and O–H groups in total. The molecular weight excluding hydrogens is 255 g/mol. The van der Waals surface area contributed by atoms with E-state index >= 15 is 0 Å². The number of benzene rings is 1. The zero-order valence-electron chi connectivity index (χ0n) is 6.80. The van der Waals surface area contributed by atoms with Crippen molar-refractivity contribution < 1.29 is 9.59 Å². The van der Waals surface area contributed by atoms with E-state index in [9.17, 15) is 9.59 Å². The van der Waals surface area contributed by atoms with E-state index in [2.05, 4.69) is 15.9 Å². The fourth-order valence-corrected chi connectivity index (χ4v) is 2.17. The summed E-state index contributed by atoms with van der Waals surface area (Å²) in [4.78, 5) is 21.7. The van der Waals surface area contributed by atoms with Gasteiger partial charge in [0.1, 0.15) is 0 Å². The maximum Gasteiger partial charge on any atom is 0.161 e. The van der Waals surface area contributed by atoms with Crippen molar-refractivity contribution >= 4 is 39.6 Å². The Balaban J connectivity index is 3.47. The molecule has 0 saturated carbocycles. The highest BCUT2D eigenvalue weighted by molar-refractivity contribution is 9.10. The minimum Gasteiger partial charge on any atom is -0.298 e. The molecule has 0 saturated heterocycles. The van der Waals surface area contributed by atoms with Crippen molar-refractivity contribution in [2.24, 2.45) is 0 Å². The molecule has 0 bridgehead atoms. The Kier molecular flexibility index (Phi) is 3.22. The van der Waals surface area contributed by atoms with Gasteiger partial charge in [-0.05, 0) is 35.0 Å². The average Bonchev–Trinajstić information content (AvgIpc) is 2.01. The third-order valence-electron chi connectivity index (χ3n) is 1.56. The predicted molar refractivity (Wildman–Crippen MR) is 54.5 cm³/mol. The zero-order chi connectivity index (χ0) is 10.0. The second-order valence-electron chi connectivity index (χ2n) is 2.53. The van der Waals surface area contributed by atoms with Gasteiger partial charge in [-0.2, -0.15) is 0 Å². The minimum absolute atomic E-state index is 0.161. The number of carbonyl (C=O) groups is 2. The van der Waals surface area contributed by atoms with Crippen molar-refractivity contribution in [3.8, 4) is 0 Å². The summed E-state index contributed by atoms with van der Waals surface area (Å²) in [5, 5.41) is 0.430.